The molecule has 0 fully saturated rings. The number of nitrogens with one attached hydrogen (secondary N) is 1. The second-order valence-electron chi connectivity index (χ2n) is 4.16. The summed E-state index contributed by atoms with van der Waals surface area (Å²) < 4.78 is 0. The SMILES string of the molecule is OCC/C=C(\O)CN[C@@H](CO)Cc1ccccc1. The van der Waals surface area contributed by atoms with Crippen LogP contribution in [-0.4, -0.2) is 41.1 Å². The average Bonchev–Trinajstić information content (AvgIpc) is 2.42. The maximum Gasteiger partial charge on any atom is 0.102 e. The first-order valence-corrected chi connectivity index (χ1v) is 6.13. The van der Waals surface area contributed by atoms with E-state index in [1.807, 2.05) is 30.3 Å². The molecule has 0 saturated carbocycles. The molecule has 0 aromatic heterocycles. The molecule has 0 aliphatic rings. The molecule has 18 heavy (non-hydrogen) atoms. The van der Waals surface area contributed by atoms with E-state index in [0.29, 0.717) is 19.4 Å². The largest absolute Gasteiger partial charge is 0.511 e. The Morgan fingerprint density at radius 1 is 1.22 bits per heavy atom. The standard InChI is InChI=1S/C14H21NO3/c16-8-4-7-14(18)10-15-13(11-17)9-12-5-2-1-3-6-12/h1-3,5-7,13,15-18H,4,8-11H2/b14-7-/t13-/m1/s1. The van der Waals surface area contributed by atoms with Gasteiger partial charge in [0.25, 0.3) is 0 Å². The Hall–Kier alpha value is -1.36. The molecule has 0 amide bonds. The first kappa shape index (κ1) is 14.7. The molecule has 0 saturated heterocycles. The summed E-state index contributed by atoms with van der Waals surface area (Å²) in [6.07, 6.45) is 2.73. The Labute approximate surface area is 108 Å². The summed E-state index contributed by atoms with van der Waals surface area (Å²) in [7, 11) is 0. The smallest absolute Gasteiger partial charge is 0.102 e. The number of aliphatic hydroxyl groups is 3. The molecule has 100 valence electrons. The molecule has 1 rings (SSSR count). The lowest BCUT2D eigenvalue weighted by Crippen LogP contribution is -2.35. The molecule has 4 nitrogen and oxygen atoms in total. The van der Waals surface area contributed by atoms with Gasteiger partial charge in [0.15, 0.2) is 0 Å². The van der Waals surface area contributed by atoms with E-state index in [1.165, 1.54) is 0 Å². The lowest BCUT2D eigenvalue weighted by atomic mass is 10.1. The van der Waals surface area contributed by atoms with Gasteiger partial charge in [-0.25, -0.2) is 0 Å². The zero-order chi connectivity index (χ0) is 13.2. The van der Waals surface area contributed by atoms with Crippen molar-refractivity contribution in [2.24, 2.45) is 0 Å². The van der Waals surface area contributed by atoms with Crippen molar-refractivity contribution in [2.75, 3.05) is 19.8 Å². The topological polar surface area (TPSA) is 72.7 Å². The van der Waals surface area contributed by atoms with Gasteiger partial charge < -0.3 is 20.6 Å². The minimum atomic E-state index is -0.0860. The van der Waals surface area contributed by atoms with Crippen LogP contribution in [0.3, 0.4) is 0 Å². The van der Waals surface area contributed by atoms with E-state index in [2.05, 4.69) is 5.32 Å². The van der Waals surface area contributed by atoms with Crippen LogP contribution in [-0.2, 0) is 6.42 Å². The van der Waals surface area contributed by atoms with E-state index in [1.54, 1.807) is 6.08 Å². The average molecular weight is 251 g/mol. The summed E-state index contributed by atoms with van der Waals surface area (Å²) in [4.78, 5) is 0. The van der Waals surface area contributed by atoms with Gasteiger partial charge in [-0.2, -0.15) is 0 Å². The highest BCUT2D eigenvalue weighted by atomic mass is 16.3. The van der Waals surface area contributed by atoms with Crippen LogP contribution >= 0.6 is 0 Å². The van der Waals surface area contributed by atoms with Crippen LogP contribution in [0.2, 0.25) is 0 Å². The van der Waals surface area contributed by atoms with E-state index in [0.717, 1.165) is 5.56 Å². The minimum absolute atomic E-state index is 0.0160. The Morgan fingerprint density at radius 2 is 1.94 bits per heavy atom. The van der Waals surface area contributed by atoms with Gasteiger partial charge >= 0.3 is 0 Å². The van der Waals surface area contributed by atoms with Crippen LogP contribution in [0.4, 0.5) is 0 Å². The van der Waals surface area contributed by atoms with E-state index in [4.69, 9.17) is 5.11 Å². The summed E-state index contributed by atoms with van der Waals surface area (Å²) in [5.74, 6) is 0.190. The highest BCUT2D eigenvalue weighted by Crippen LogP contribution is 2.03. The van der Waals surface area contributed by atoms with Gasteiger partial charge in [0.1, 0.15) is 5.76 Å². The number of hydrogen-bond acceptors (Lipinski definition) is 4. The normalized spacial score (nSPS) is 13.6. The van der Waals surface area contributed by atoms with E-state index >= 15 is 0 Å². The monoisotopic (exact) mass is 251 g/mol. The maximum absolute atomic E-state index is 9.50. The minimum Gasteiger partial charge on any atom is -0.511 e. The predicted molar refractivity (Wildman–Crippen MR) is 71.4 cm³/mol. The Kier molecular flexibility index (Phi) is 7.10. The van der Waals surface area contributed by atoms with Gasteiger partial charge in [0, 0.05) is 12.6 Å². The van der Waals surface area contributed by atoms with Crippen molar-refractivity contribution in [1.29, 1.82) is 0 Å². The fraction of sp³-hybridized carbons (Fsp3) is 0.429. The van der Waals surface area contributed by atoms with Gasteiger partial charge in [-0.1, -0.05) is 30.3 Å². The van der Waals surface area contributed by atoms with Crippen LogP contribution < -0.4 is 5.32 Å². The molecule has 0 unspecified atom stereocenters. The molecule has 0 heterocycles. The van der Waals surface area contributed by atoms with Crippen molar-refractivity contribution < 1.29 is 15.3 Å². The zero-order valence-electron chi connectivity index (χ0n) is 10.4. The lowest BCUT2D eigenvalue weighted by Gasteiger charge is -2.16. The van der Waals surface area contributed by atoms with Gasteiger partial charge in [-0.05, 0) is 24.5 Å². The molecular weight excluding hydrogens is 230 g/mol. The van der Waals surface area contributed by atoms with E-state index in [-0.39, 0.29) is 25.0 Å². The van der Waals surface area contributed by atoms with Crippen LogP contribution in [0, 0.1) is 0 Å². The van der Waals surface area contributed by atoms with Crippen molar-refractivity contribution in [3.05, 3.63) is 47.7 Å². The summed E-state index contributed by atoms with van der Waals surface area (Å²) in [5.41, 5.74) is 1.14. The molecule has 0 aliphatic heterocycles. The molecule has 0 spiro atoms. The quantitative estimate of drug-likeness (QED) is 0.520. The van der Waals surface area contributed by atoms with Gasteiger partial charge in [0.05, 0.1) is 13.2 Å². The Morgan fingerprint density at radius 3 is 2.56 bits per heavy atom. The molecule has 1 aromatic rings. The fourth-order valence-corrected chi connectivity index (χ4v) is 1.65. The third kappa shape index (κ3) is 5.82. The zero-order valence-corrected chi connectivity index (χ0v) is 10.4. The Bertz CT molecular complexity index is 351. The Balaban J connectivity index is 2.38. The lowest BCUT2D eigenvalue weighted by molar-refractivity contribution is 0.238. The molecule has 4 N–H and O–H groups in total. The van der Waals surface area contributed by atoms with E-state index < -0.39 is 0 Å². The van der Waals surface area contributed by atoms with Crippen LogP contribution in [0.25, 0.3) is 0 Å². The molecule has 0 radical (unpaired) electrons. The van der Waals surface area contributed by atoms with E-state index in [9.17, 15) is 10.2 Å². The number of hydrogen-bond donors (Lipinski definition) is 4. The first-order valence-electron chi connectivity index (χ1n) is 6.13. The second kappa shape index (κ2) is 8.69. The molecular formula is C14H21NO3. The number of rotatable bonds is 8. The van der Waals surface area contributed by atoms with Crippen molar-refractivity contribution in [3.8, 4) is 0 Å². The molecule has 1 aromatic carbocycles. The van der Waals surface area contributed by atoms with Crippen molar-refractivity contribution in [2.45, 2.75) is 18.9 Å². The summed E-state index contributed by atoms with van der Waals surface area (Å²) in [6.45, 7) is 0.345. The van der Waals surface area contributed by atoms with Crippen LogP contribution in [0.15, 0.2) is 42.2 Å². The summed E-state index contributed by atoms with van der Waals surface area (Å²) >= 11 is 0. The van der Waals surface area contributed by atoms with Crippen molar-refractivity contribution in [3.63, 3.8) is 0 Å². The molecule has 4 heteroatoms. The maximum atomic E-state index is 9.50. The van der Waals surface area contributed by atoms with Gasteiger partial charge in [-0.3, -0.25) is 0 Å². The van der Waals surface area contributed by atoms with Crippen molar-refractivity contribution in [1.82, 2.24) is 5.32 Å². The fourth-order valence-electron chi connectivity index (χ4n) is 1.65. The number of benzene rings is 1. The van der Waals surface area contributed by atoms with Crippen molar-refractivity contribution >= 4 is 0 Å². The molecule has 0 bridgehead atoms. The summed E-state index contributed by atoms with van der Waals surface area (Å²) in [5, 5.41) is 30.5. The van der Waals surface area contributed by atoms with Crippen LogP contribution in [0.1, 0.15) is 12.0 Å². The second-order valence-corrected chi connectivity index (χ2v) is 4.16. The third-order valence-corrected chi connectivity index (χ3v) is 2.63. The highest BCUT2D eigenvalue weighted by molar-refractivity contribution is 5.16. The molecule has 1 atom stereocenters. The molecule has 0 aliphatic carbocycles. The predicted octanol–water partition coefficient (Wildman–Crippen LogP) is 1.00. The summed E-state index contributed by atoms with van der Waals surface area (Å²) in [6, 6.07) is 9.80. The first-order chi connectivity index (χ1) is 8.76. The highest BCUT2D eigenvalue weighted by Gasteiger charge is 2.08. The van der Waals surface area contributed by atoms with Crippen LogP contribution in [0.5, 0.6) is 0 Å². The van der Waals surface area contributed by atoms with Gasteiger partial charge in [-0.15, -0.1) is 0 Å². The third-order valence-electron chi connectivity index (χ3n) is 2.63. The number of aliphatic hydroxyl groups excluding tert-OH is 3. The van der Waals surface area contributed by atoms with Gasteiger partial charge in [0.2, 0.25) is 0 Å².